The number of esters is 1. The first-order valence-corrected chi connectivity index (χ1v) is 6.57. The SMILES string of the molecule is COC(=O)Cc1ccc(CNCCCC(N)=O)s1. The van der Waals surface area contributed by atoms with Crippen LogP contribution in [0, 0.1) is 0 Å². The highest BCUT2D eigenvalue weighted by molar-refractivity contribution is 7.12. The fraction of sp³-hybridized carbons (Fsp3) is 0.500. The highest BCUT2D eigenvalue weighted by atomic mass is 32.1. The molecule has 0 bridgehead atoms. The summed E-state index contributed by atoms with van der Waals surface area (Å²) in [5.74, 6) is -0.494. The number of primary amides is 1. The number of hydrogen-bond donors (Lipinski definition) is 2. The summed E-state index contributed by atoms with van der Waals surface area (Å²) in [6.45, 7) is 1.50. The summed E-state index contributed by atoms with van der Waals surface area (Å²) in [6, 6.07) is 3.92. The number of carbonyl (C=O) groups is 2. The Bertz CT molecular complexity index is 404. The van der Waals surface area contributed by atoms with Crippen LogP contribution in [0.5, 0.6) is 0 Å². The number of carbonyl (C=O) groups excluding carboxylic acids is 2. The zero-order valence-electron chi connectivity index (χ0n) is 10.4. The number of amides is 1. The third-order valence-electron chi connectivity index (χ3n) is 2.34. The third kappa shape index (κ3) is 5.79. The fourth-order valence-corrected chi connectivity index (χ4v) is 2.40. The van der Waals surface area contributed by atoms with Crippen molar-refractivity contribution in [3.8, 4) is 0 Å². The van der Waals surface area contributed by atoms with Crippen LogP contribution in [-0.4, -0.2) is 25.5 Å². The molecule has 0 saturated heterocycles. The van der Waals surface area contributed by atoms with Crippen LogP contribution < -0.4 is 11.1 Å². The quantitative estimate of drug-likeness (QED) is 0.541. The summed E-state index contributed by atoms with van der Waals surface area (Å²) in [5, 5.41) is 3.22. The Morgan fingerprint density at radius 1 is 1.39 bits per heavy atom. The molecule has 0 aliphatic heterocycles. The van der Waals surface area contributed by atoms with E-state index in [2.05, 4.69) is 10.1 Å². The van der Waals surface area contributed by atoms with Crippen LogP contribution in [0.4, 0.5) is 0 Å². The first-order valence-electron chi connectivity index (χ1n) is 5.75. The zero-order valence-corrected chi connectivity index (χ0v) is 11.2. The summed E-state index contributed by atoms with van der Waals surface area (Å²) in [7, 11) is 1.39. The smallest absolute Gasteiger partial charge is 0.310 e. The van der Waals surface area contributed by atoms with Crippen LogP contribution in [-0.2, 0) is 27.3 Å². The van der Waals surface area contributed by atoms with E-state index in [1.807, 2.05) is 12.1 Å². The molecule has 0 spiro atoms. The number of nitrogens with two attached hydrogens (primary N) is 1. The van der Waals surface area contributed by atoms with E-state index in [0.717, 1.165) is 29.3 Å². The summed E-state index contributed by atoms with van der Waals surface area (Å²) in [5.41, 5.74) is 5.04. The van der Waals surface area contributed by atoms with Gasteiger partial charge in [-0.3, -0.25) is 9.59 Å². The van der Waals surface area contributed by atoms with Crippen molar-refractivity contribution >= 4 is 23.2 Å². The van der Waals surface area contributed by atoms with Crippen molar-refractivity contribution in [3.05, 3.63) is 21.9 Å². The van der Waals surface area contributed by atoms with E-state index in [4.69, 9.17) is 5.73 Å². The van der Waals surface area contributed by atoms with E-state index >= 15 is 0 Å². The van der Waals surface area contributed by atoms with Crippen molar-refractivity contribution in [2.24, 2.45) is 5.73 Å². The minimum Gasteiger partial charge on any atom is -0.469 e. The lowest BCUT2D eigenvalue weighted by atomic mass is 10.3. The zero-order chi connectivity index (χ0) is 13.4. The number of methoxy groups -OCH3 is 1. The molecule has 0 unspecified atom stereocenters. The lowest BCUT2D eigenvalue weighted by molar-refractivity contribution is -0.139. The van der Waals surface area contributed by atoms with Crippen molar-refractivity contribution in [2.45, 2.75) is 25.8 Å². The second-order valence-corrected chi connectivity index (χ2v) is 5.12. The van der Waals surface area contributed by atoms with E-state index in [-0.39, 0.29) is 11.9 Å². The maximum Gasteiger partial charge on any atom is 0.310 e. The molecule has 100 valence electrons. The van der Waals surface area contributed by atoms with E-state index in [0.29, 0.717) is 12.8 Å². The maximum atomic E-state index is 11.1. The molecule has 0 aliphatic rings. The summed E-state index contributed by atoms with van der Waals surface area (Å²) in [6.07, 6.45) is 1.48. The van der Waals surface area contributed by atoms with E-state index in [1.165, 1.54) is 7.11 Å². The van der Waals surface area contributed by atoms with Gasteiger partial charge in [0.05, 0.1) is 13.5 Å². The Morgan fingerprint density at radius 3 is 2.78 bits per heavy atom. The number of thiophene rings is 1. The van der Waals surface area contributed by atoms with Gasteiger partial charge in [-0.15, -0.1) is 11.3 Å². The molecule has 6 heteroatoms. The first-order chi connectivity index (χ1) is 8.61. The maximum absolute atomic E-state index is 11.1. The molecule has 0 aliphatic carbocycles. The van der Waals surface area contributed by atoms with E-state index in [1.54, 1.807) is 11.3 Å². The van der Waals surface area contributed by atoms with Crippen LogP contribution in [0.15, 0.2) is 12.1 Å². The predicted octanol–water partition coefficient (Wildman–Crippen LogP) is 0.819. The molecule has 18 heavy (non-hydrogen) atoms. The topological polar surface area (TPSA) is 81.4 Å². The van der Waals surface area contributed by atoms with Gasteiger partial charge in [0.2, 0.25) is 5.91 Å². The van der Waals surface area contributed by atoms with Crippen LogP contribution in [0.2, 0.25) is 0 Å². The predicted molar refractivity (Wildman–Crippen MR) is 70.2 cm³/mol. The molecule has 0 atom stereocenters. The van der Waals surface area contributed by atoms with Gasteiger partial charge >= 0.3 is 5.97 Å². The lowest BCUT2D eigenvalue weighted by Gasteiger charge is -2.01. The minimum absolute atomic E-state index is 0.224. The molecule has 0 radical (unpaired) electrons. The second kappa shape index (κ2) is 7.84. The van der Waals surface area contributed by atoms with Gasteiger partial charge in [-0.2, -0.15) is 0 Å². The molecule has 5 nitrogen and oxygen atoms in total. The van der Waals surface area contributed by atoms with Crippen LogP contribution in [0.25, 0.3) is 0 Å². The molecule has 1 amide bonds. The van der Waals surface area contributed by atoms with Gasteiger partial charge in [-0.25, -0.2) is 0 Å². The van der Waals surface area contributed by atoms with Crippen LogP contribution in [0.1, 0.15) is 22.6 Å². The summed E-state index contributed by atoms with van der Waals surface area (Å²) in [4.78, 5) is 23.8. The Hall–Kier alpha value is -1.40. The molecular weight excluding hydrogens is 252 g/mol. The molecule has 0 aromatic carbocycles. The Balaban J connectivity index is 2.23. The molecule has 0 saturated carbocycles. The first kappa shape index (κ1) is 14.7. The van der Waals surface area contributed by atoms with Gasteiger partial charge in [0.25, 0.3) is 0 Å². The summed E-state index contributed by atoms with van der Waals surface area (Å²) >= 11 is 1.59. The molecule has 1 heterocycles. The second-order valence-electron chi connectivity index (χ2n) is 3.87. The van der Waals surface area contributed by atoms with E-state index < -0.39 is 0 Å². The highest BCUT2D eigenvalue weighted by Crippen LogP contribution is 2.17. The van der Waals surface area contributed by atoms with Gasteiger partial charge < -0.3 is 15.8 Å². The number of nitrogens with one attached hydrogen (secondary N) is 1. The van der Waals surface area contributed by atoms with Crippen LogP contribution >= 0.6 is 11.3 Å². The summed E-state index contributed by atoms with van der Waals surface area (Å²) < 4.78 is 4.61. The van der Waals surface area contributed by atoms with Gasteiger partial charge in [0, 0.05) is 22.7 Å². The standard InChI is InChI=1S/C12H18N2O3S/c1-17-12(16)7-9-4-5-10(18-9)8-14-6-2-3-11(13)15/h4-5,14H,2-3,6-8H2,1H3,(H2,13,15). The molecule has 1 aromatic rings. The average molecular weight is 270 g/mol. The Labute approximate surface area is 110 Å². The van der Waals surface area contributed by atoms with Gasteiger partial charge in [-0.05, 0) is 25.1 Å². The van der Waals surface area contributed by atoms with Gasteiger partial charge in [-0.1, -0.05) is 0 Å². The number of rotatable bonds is 8. The minimum atomic E-state index is -0.270. The molecule has 0 fully saturated rings. The van der Waals surface area contributed by atoms with Crippen molar-refractivity contribution in [1.29, 1.82) is 0 Å². The van der Waals surface area contributed by atoms with E-state index in [9.17, 15) is 9.59 Å². The molecule has 1 rings (SSSR count). The molecule has 3 N–H and O–H groups in total. The number of hydrogen-bond acceptors (Lipinski definition) is 5. The third-order valence-corrected chi connectivity index (χ3v) is 3.42. The monoisotopic (exact) mass is 270 g/mol. The Kier molecular flexibility index (Phi) is 6.38. The largest absolute Gasteiger partial charge is 0.469 e. The normalized spacial score (nSPS) is 10.3. The average Bonchev–Trinajstić information content (AvgIpc) is 2.75. The molecule has 1 aromatic heterocycles. The van der Waals surface area contributed by atoms with Crippen LogP contribution in [0.3, 0.4) is 0 Å². The lowest BCUT2D eigenvalue weighted by Crippen LogP contribution is -2.17. The number of ether oxygens (including phenoxy) is 1. The Morgan fingerprint density at radius 2 is 2.11 bits per heavy atom. The van der Waals surface area contributed by atoms with Crippen molar-refractivity contribution in [2.75, 3.05) is 13.7 Å². The van der Waals surface area contributed by atoms with Crippen molar-refractivity contribution < 1.29 is 14.3 Å². The van der Waals surface area contributed by atoms with Gasteiger partial charge in [0.1, 0.15) is 0 Å². The van der Waals surface area contributed by atoms with Crippen molar-refractivity contribution in [3.63, 3.8) is 0 Å². The molecular formula is C12H18N2O3S. The van der Waals surface area contributed by atoms with Gasteiger partial charge in [0.15, 0.2) is 0 Å². The fourth-order valence-electron chi connectivity index (χ4n) is 1.43. The highest BCUT2D eigenvalue weighted by Gasteiger charge is 2.05. The van der Waals surface area contributed by atoms with Crippen molar-refractivity contribution in [1.82, 2.24) is 5.32 Å².